The number of ether oxygens (including phenoxy) is 1. The van der Waals surface area contributed by atoms with E-state index in [0.717, 1.165) is 12.2 Å². The number of methoxy groups -OCH3 is 1. The molecule has 0 radical (unpaired) electrons. The van der Waals surface area contributed by atoms with Crippen molar-refractivity contribution in [3.63, 3.8) is 0 Å². The van der Waals surface area contributed by atoms with Gasteiger partial charge in [-0.3, -0.25) is 9.97 Å². The van der Waals surface area contributed by atoms with E-state index < -0.39 is 0 Å². The molecule has 0 aromatic carbocycles. The molecule has 1 N–H and O–H groups in total. The summed E-state index contributed by atoms with van der Waals surface area (Å²) in [5.74, 6) is 0. The monoisotopic (exact) mass is 209 g/mol. The standard InChI is InChI=1S/C11H19N3O/c1-5-13-10(11(2,3)15-4)9-8-12-6-7-14-9/h6-8,10,13H,5H2,1-4H3. The van der Waals surface area contributed by atoms with Crippen LogP contribution in [0.1, 0.15) is 32.5 Å². The lowest BCUT2D eigenvalue weighted by Crippen LogP contribution is -2.41. The van der Waals surface area contributed by atoms with Crippen molar-refractivity contribution in [3.8, 4) is 0 Å². The Morgan fingerprint density at radius 3 is 2.67 bits per heavy atom. The lowest BCUT2D eigenvalue weighted by molar-refractivity contribution is -0.0119. The van der Waals surface area contributed by atoms with Crippen LogP contribution < -0.4 is 5.32 Å². The molecule has 0 saturated heterocycles. The van der Waals surface area contributed by atoms with Crippen molar-refractivity contribution >= 4 is 0 Å². The molecule has 1 heterocycles. The minimum absolute atomic E-state index is 0.0567. The van der Waals surface area contributed by atoms with E-state index in [1.165, 1.54) is 0 Å². The van der Waals surface area contributed by atoms with Gasteiger partial charge in [0.05, 0.1) is 23.5 Å². The fourth-order valence-corrected chi connectivity index (χ4v) is 1.49. The van der Waals surface area contributed by atoms with E-state index in [9.17, 15) is 0 Å². The van der Waals surface area contributed by atoms with Crippen LogP contribution in [0.25, 0.3) is 0 Å². The molecule has 1 aromatic heterocycles. The van der Waals surface area contributed by atoms with Crippen molar-refractivity contribution in [2.24, 2.45) is 0 Å². The Balaban J connectivity index is 2.93. The molecule has 4 nitrogen and oxygen atoms in total. The average Bonchev–Trinajstić information content (AvgIpc) is 2.27. The summed E-state index contributed by atoms with van der Waals surface area (Å²) in [6.07, 6.45) is 5.14. The third kappa shape index (κ3) is 2.97. The van der Waals surface area contributed by atoms with Gasteiger partial charge in [0.25, 0.3) is 0 Å². The maximum Gasteiger partial charge on any atom is 0.0832 e. The molecule has 1 atom stereocenters. The van der Waals surface area contributed by atoms with Crippen molar-refractivity contribution < 1.29 is 4.74 Å². The fourth-order valence-electron chi connectivity index (χ4n) is 1.49. The number of rotatable bonds is 5. The summed E-state index contributed by atoms with van der Waals surface area (Å²) in [6, 6.07) is 0.0567. The highest BCUT2D eigenvalue weighted by Crippen LogP contribution is 2.26. The third-order valence-corrected chi connectivity index (χ3v) is 2.51. The molecular formula is C11H19N3O. The first-order chi connectivity index (χ1) is 7.11. The van der Waals surface area contributed by atoms with E-state index >= 15 is 0 Å². The van der Waals surface area contributed by atoms with Crippen LogP contribution >= 0.6 is 0 Å². The second-order valence-corrected chi connectivity index (χ2v) is 3.93. The number of nitrogens with one attached hydrogen (secondary N) is 1. The minimum atomic E-state index is -0.300. The molecule has 15 heavy (non-hydrogen) atoms. The Bertz CT molecular complexity index is 287. The molecule has 0 aliphatic carbocycles. The van der Waals surface area contributed by atoms with Crippen LogP contribution in [0.15, 0.2) is 18.6 Å². The first-order valence-corrected chi connectivity index (χ1v) is 5.16. The second-order valence-electron chi connectivity index (χ2n) is 3.93. The topological polar surface area (TPSA) is 47.0 Å². The van der Waals surface area contributed by atoms with Crippen molar-refractivity contribution in [2.45, 2.75) is 32.4 Å². The Kier molecular flexibility index (Phi) is 4.17. The van der Waals surface area contributed by atoms with Crippen LogP contribution in [0.4, 0.5) is 0 Å². The summed E-state index contributed by atoms with van der Waals surface area (Å²) >= 11 is 0. The van der Waals surface area contributed by atoms with E-state index in [1.54, 1.807) is 25.7 Å². The number of likely N-dealkylation sites (N-methyl/N-ethyl adjacent to an activating group) is 1. The molecule has 0 saturated carbocycles. The predicted molar refractivity (Wildman–Crippen MR) is 59.5 cm³/mol. The molecule has 4 heteroatoms. The first-order valence-electron chi connectivity index (χ1n) is 5.16. The van der Waals surface area contributed by atoms with Crippen LogP contribution in [-0.2, 0) is 4.74 Å². The summed E-state index contributed by atoms with van der Waals surface area (Å²) in [4.78, 5) is 8.38. The minimum Gasteiger partial charge on any atom is -0.377 e. The summed E-state index contributed by atoms with van der Waals surface area (Å²) in [5, 5.41) is 3.36. The summed E-state index contributed by atoms with van der Waals surface area (Å²) in [5.41, 5.74) is 0.609. The Labute approximate surface area is 91.1 Å². The fraction of sp³-hybridized carbons (Fsp3) is 0.636. The maximum absolute atomic E-state index is 5.48. The van der Waals surface area contributed by atoms with Crippen LogP contribution in [0.5, 0.6) is 0 Å². The molecule has 0 bridgehead atoms. The van der Waals surface area contributed by atoms with Gasteiger partial charge in [0.15, 0.2) is 0 Å². The molecule has 0 fully saturated rings. The third-order valence-electron chi connectivity index (χ3n) is 2.51. The number of hydrogen-bond donors (Lipinski definition) is 1. The Morgan fingerprint density at radius 2 is 2.20 bits per heavy atom. The normalized spacial score (nSPS) is 13.9. The zero-order valence-electron chi connectivity index (χ0n) is 9.82. The molecule has 0 spiro atoms. The van der Waals surface area contributed by atoms with Crippen molar-refractivity contribution in [1.82, 2.24) is 15.3 Å². The number of hydrogen-bond acceptors (Lipinski definition) is 4. The molecule has 0 amide bonds. The molecule has 1 unspecified atom stereocenters. The number of aromatic nitrogens is 2. The lowest BCUT2D eigenvalue weighted by Gasteiger charge is -2.32. The molecule has 84 valence electrons. The van der Waals surface area contributed by atoms with Crippen LogP contribution in [0.2, 0.25) is 0 Å². The summed E-state index contributed by atoms with van der Waals surface area (Å²) in [6.45, 7) is 7.01. The van der Waals surface area contributed by atoms with E-state index in [-0.39, 0.29) is 11.6 Å². The highest BCUT2D eigenvalue weighted by atomic mass is 16.5. The van der Waals surface area contributed by atoms with Gasteiger partial charge in [-0.1, -0.05) is 6.92 Å². The van der Waals surface area contributed by atoms with Gasteiger partial charge in [-0.15, -0.1) is 0 Å². The van der Waals surface area contributed by atoms with Gasteiger partial charge in [-0.25, -0.2) is 0 Å². The largest absolute Gasteiger partial charge is 0.377 e. The highest BCUT2D eigenvalue weighted by Gasteiger charge is 2.31. The smallest absolute Gasteiger partial charge is 0.0832 e. The maximum atomic E-state index is 5.48. The van der Waals surface area contributed by atoms with Gasteiger partial charge < -0.3 is 10.1 Å². The average molecular weight is 209 g/mol. The van der Waals surface area contributed by atoms with Gasteiger partial charge in [-0.2, -0.15) is 0 Å². The van der Waals surface area contributed by atoms with E-state index in [2.05, 4.69) is 22.2 Å². The van der Waals surface area contributed by atoms with Gasteiger partial charge in [-0.05, 0) is 20.4 Å². The molecule has 0 aliphatic heterocycles. The van der Waals surface area contributed by atoms with Crippen LogP contribution in [-0.4, -0.2) is 29.2 Å². The predicted octanol–water partition coefficient (Wildman–Crippen LogP) is 1.55. The van der Waals surface area contributed by atoms with Gasteiger partial charge in [0, 0.05) is 19.5 Å². The lowest BCUT2D eigenvalue weighted by atomic mass is 9.95. The summed E-state index contributed by atoms with van der Waals surface area (Å²) in [7, 11) is 1.71. The van der Waals surface area contributed by atoms with Crippen molar-refractivity contribution in [2.75, 3.05) is 13.7 Å². The van der Waals surface area contributed by atoms with Gasteiger partial charge in [0.1, 0.15) is 0 Å². The second kappa shape index (κ2) is 5.19. The van der Waals surface area contributed by atoms with Gasteiger partial charge in [0.2, 0.25) is 0 Å². The van der Waals surface area contributed by atoms with Crippen LogP contribution in [0.3, 0.4) is 0 Å². The SMILES string of the molecule is CCNC(c1cnccn1)C(C)(C)OC. The quantitative estimate of drug-likeness (QED) is 0.799. The number of nitrogens with zero attached hydrogens (tertiary/aromatic N) is 2. The molecule has 1 rings (SSSR count). The first kappa shape index (κ1) is 12.1. The van der Waals surface area contributed by atoms with Crippen molar-refractivity contribution in [3.05, 3.63) is 24.3 Å². The van der Waals surface area contributed by atoms with E-state index in [0.29, 0.717) is 0 Å². The zero-order chi connectivity index (χ0) is 11.3. The highest BCUT2D eigenvalue weighted by molar-refractivity contribution is 5.08. The van der Waals surface area contributed by atoms with Crippen LogP contribution in [0, 0.1) is 0 Å². The zero-order valence-corrected chi connectivity index (χ0v) is 9.82. The molecule has 0 aliphatic rings. The Hall–Kier alpha value is -1.00. The van der Waals surface area contributed by atoms with E-state index in [4.69, 9.17) is 4.74 Å². The molecular weight excluding hydrogens is 190 g/mol. The van der Waals surface area contributed by atoms with Gasteiger partial charge >= 0.3 is 0 Å². The van der Waals surface area contributed by atoms with Crippen molar-refractivity contribution in [1.29, 1.82) is 0 Å². The molecule has 1 aromatic rings. The Morgan fingerprint density at radius 1 is 1.47 bits per heavy atom. The van der Waals surface area contributed by atoms with E-state index in [1.807, 2.05) is 13.8 Å². The summed E-state index contributed by atoms with van der Waals surface area (Å²) < 4.78 is 5.48.